The second-order valence-electron chi connectivity index (χ2n) is 7.22. The summed E-state index contributed by atoms with van der Waals surface area (Å²) in [5, 5.41) is 76.0. The van der Waals surface area contributed by atoms with Crippen LogP contribution in [0.2, 0.25) is 0 Å². The first-order valence-electron chi connectivity index (χ1n) is 10.8. The molecular weight excluding hydrogens is 735 g/mol. The Balaban J connectivity index is 0.000000516. The van der Waals surface area contributed by atoms with Crippen molar-refractivity contribution in [3.63, 3.8) is 0 Å². The van der Waals surface area contributed by atoms with E-state index >= 15 is 0 Å². The molecule has 0 aromatic heterocycles. The zero-order valence-corrected chi connectivity index (χ0v) is 24.7. The predicted molar refractivity (Wildman–Crippen MR) is 136 cm³/mol. The Morgan fingerprint density at radius 2 is 0.512 bits per heavy atom. The molecule has 41 heavy (non-hydrogen) atoms. The van der Waals surface area contributed by atoms with Gasteiger partial charge in [-0.25, -0.2) is 0 Å². The standard InChI is InChI=1S/4C7H6O3.Pb/c4*8-6-4-2-1-3-5(6)7(9)10;/h4*1-4,8H,(H,9,10);/q;;;;+4/p-4. The Morgan fingerprint density at radius 1 is 0.366 bits per heavy atom. The summed E-state index contributed by atoms with van der Waals surface area (Å²) in [7, 11) is 0. The van der Waals surface area contributed by atoms with E-state index in [1.807, 2.05) is 0 Å². The van der Waals surface area contributed by atoms with Crippen LogP contribution in [0.4, 0.5) is 0 Å². The molecule has 0 aliphatic carbocycles. The maximum atomic E-state index is 10.2. The molecule has 0 unspecified atom stereocenters. The van der Waals surface area contributed by atoms with Gasteiger partial charge >= 0.3 is 27.3 Å². The van der Waals surface area contributed by atoms with Crippen molar-refractivity contribution in [3.05, 3.63) is 119 Å². The topological polar surface area (TPSA) is 241 Å². The van der Waals surface area contributed by atoms with Crippen LogP contribution in [0.1, 0.15) is 41.4 Å². The summed E-state index contributed by atoms with van der Waals surface area (Å²) in [4.78, 5) is 40.6. The van der Waals surface area contributed by atoms with Crippen LogP contribution >= 0.6 is 0 Å². The average molecular weight is 756 g/mol. The Hall–Kier alpha value is -5.12. The molecule has 0 bridgehead atoms. The van der Waals surface area contributed by atoms with Crippen LogP contribution in [0.5, 0.6) is 23.0 Å². The summed E-state index contributed by atoms with van der Waals surface area (Å²) in [6.07, 6.45) is 0. The monoisotopic (exact) mass is 756 g/mol. The van der Waals surface area contributed by atoms with Gasteiger partial charge in [-0.05, 0) is 48.5 Å². The fourth-order valence-corrected chi connectivity index (χ4v) is 2.59. The molecule has 0 spiro atoms. The van der Waals surface area contributed by atoms with Gasteiger partial charge in [0, 0.05) is 22.3 Å². The molecule has 208 valence electrons. The van der Waals surface area contributed by atoms with E-state index in [0.29, 0.717) is 0 Å². The van der Waals surface area contributed by atoms with E-state index in [1.54, 1.807) is 24.3 Å². The van der Waals surface area contributed by atoms with Gasteiger partial charge in [-0.3, -0.25) is 0 Å². The van der Waals surface area contributed by atoms with Gasteiger partial charge in [-0.15, -0.1) is 0 Å². The molecule has 0 fully saturated rings. The van der Waals surface area contributed by atoms with Crippen LogP contribution in [0.15, 0.2) is 97.1 Å². The van der Waals surface area contributed by atoms with Gasteiger partial charge in [0.1, 0.15) is 23.0 Å². The third-order valence-corrected chi connectivity index (χ3v) is 4.50. The molecule has 4 aromatic rings. The minimum absolute atomic E-state index is 0. The summed E-state index contributed by atoms with van der Waals surface area (Å²) in [6, 6.07) is 22.6. The Labute approximate surface area is 252 Å². The van der Waals surface area contributed by atoms with Gasteiger partial charge in [-0.1, -0.05) is 48.5 Å². The molecule has 0 saturated heterocycles. The first-order valence-corrected chi connectivity index (χ1v) is 10.8. The Bertz CT molecular complexity index is 1250. The second kappa shape index (κ2) is 18.2. The number of hydrogen-bond donors (Lipinski definition) is 4. The van der Waals surface area contributed by atoms with Gasteiger partial charge < -0.3 is 60.0 Å². The van der Waals surface area contributed by atoms with Crippen molar-refractivity contribution in [1.82, 2.24) is 0 Å². The summed E-state index contributed by atoms with van der Waals surface area (Å²) in [5.41, 5.74) is -0.713. The third-order valence-electron chi connectivity index (χ3n) is 4.50. The number of benzene rings is 4. The maximum absolute atomic E-state index is 10.2. The number of carbonyl (C=O) groups is 4. The molecule has 4 aromatic carbocycles. The molecule has 0 atom stereocenters. The number of rotatable bonds is 4. The summed E-state index contributed by atoms with van der Waals surface area (Å²) < 4.78 is 0. The van der Waals surface area contributed by atoms with Crippen molar-refractivity contribution in [1.29, 1.82) is 0 Å². The van der Waals surface area contributed by atoms with Crippen LogP contribution < -0.4 is 20.4 Å². The van der Waals surface area contributed by atoms with E-state index in [1.165, 1.54) is 72.8 Å². The molecule has 4 N–H and O–H groups in total. The SMILES string of the molecule is O=C([O-])c1ccccc1O.O=C([O-])c1ccccc1O.O=C([O-])c1ccccc1O.O=C([O-])c1ccccc1O.[Pb+4]. The van der Waals surface area contributed by atoms with Crippen molar-refractivity contribution < 1.29 is 60.0 Å². The first-order chi connectivity index (χ1) is 18.9. The first kappa shape index (κ1) is 35.9. The number of aromatic hydroxyl groups is 4. The van der Waals surface area contributed by atoms with E-state index in [-0.39, 0.29) is 72.6 Å². The zero-order chi connectivity index (χ0) is 30.2. The smallest absolute Gasteiger partial charge is 0.545 e. The van der Waals surface area contributed by atoms with E-state index < -0.39 is 23.9 Å². The van der Waals surface area contributed by atoms with E-state index in [2.05, 4.69) is 0 Å². The number of aromatic carboxylic acids is 4. The van der Waals surface area contributed by atoms with Crippen LogP contribution in [-0.4, -0.2) is 71.6 Å². The van der Waals surface area contributed by atoms with E-state index in [0.717, 1.165) is 0 Å². The number of hydrogen-bond acceptors (Lipinski definition) is 12. The van der Waals surface area contributed by atoms with Crippen LogP contribution in [0, 0.1) is 0 Å². The van der Waals surface area contributed by atoms with Crippen molar-refractivity contribution in [2.24, 2.45) is 0 Å². The fourth-order valence-electron chi connectivity index (χ4n) is 2.59. The molecule has 0 amide bonds. The molecule has 0 saturated carbocycles. The Morgan fingerprint density at radius 3 is 0.610 bits per heavy atom. The van der Waals surface area contributed by atoms with Gasteiger partial charge in [0.25, 0.3) is 0 Å². The third kappa shape index (κ3) is 12.5. The quantitative estimate of drug-likeness (QED) is 0.177. The number of carboxylic acids is 4. The Kier molecular flexibility index (Phi) is 15.9. The van der Waals surface area contributed by atoms with Gasteiger partial charge in [-0.2, -0.15) is 0 Å². The number of phenols is 4. The summed E-state index contributed by atoms with van der Waals surface area (Å²) in [5.74, 6) is -6.50. The van der Waals surface area contributed by atoms with E-state index in [4.69, 9.17) is 20.4 Å². The van der Waals surface area contributed by atoms with Crippen molar-refractivity contribution in [2.75, 3.05) is 0 Å². The predicted octanol–water partition coefficient (Wildman–Crippen LogP) is -1.36. The molecule has 0 radical (unpaired) electrons. The normalized spacial score (nSPS) is 8.98. The minimum Gasteiger partial charge on any atom is -0.545 e. The molecule has 0 heterocycles. The van der Waals surface area contributed by atoms with Crippen molar-refractivity contribution in [2.45, 2.75) is 0 Å². The molecular formula is C28H20O12Pb. The zero-order valence-electron chi connectivity index (χ0n) is 20.8. The van der Waals surface area contributed by atoms with Crippen LogP contribution in [0.3, 0.4) is 0 Å². The number of para-hydroxylation sites is 4. The summed E-state index contributed by atoms with van der Waals surface area (Å²) in [6.45, 7) is 0. The van der Waals surface area contributed by atoms with Gasteiger partial charge in [0.05, 0.1) is 23.9 Å². The molecule has 13 heteroatoms. The van der Waals surface area contributed by atoms with Crippen LogP contribution in [-0.2, 0) is 0 Å². The van der Waals surface area contributed by atoms with Gasteiger partial charge in [0.15, 0.2) is 0 Å². The summed E-state index contributed by atoms with van der Waals surface area (Å²) >= 11 is 0. The average Bonchev–Trinajstić information content (AvgIpc) is 2.90. The fraction of sp³-hybridized carbons (Fsp3) is 0. The largest absolute Gasteiger partial charge is 4.00 e. The molecule has 12 nitrogen and oxygen atoms in total. The molecule has 0 aliphatic heterocycles. The second-order valence-corrected chi connectivity index (χ2v) is 7.22. The number of carbonyl (C=O) groups excluding carboxylic acids is 4. The number of carboxylic acid groups (broad SMARTS) is 4. The molecule has 4 rings (SSSR count). The minimum atomic E-state index is -1.36. The van der Waals surface area contributed by atoms with Crippen molar-refractivity contribution in [3.8, 4) is 23.0 Å². The molecule has 0 aliphatic rings. The van der Waals surface area contributed by atoms with Crippen molar-refractivity contribution >= 4 is 51.2 Å². The van der Waals surface area contributed by atoms with Gasteiger partial charge in [0.2, 0.25) is 0 Å². The maximum Gasteiger partial charge on any atom is 4.00 e. The van der Waals surface area contributed by atoms with Crippen LogP contribution in [0.25, 0.3) is 0 Å². The van der Waals surface area contributed by atoms with E-state index in [9.17, 15) is 39.6 Å².